The Morgan fingerprint density at radius 2 is 2.35 bits per heavy atom. The van der Waals surface area contributed by atoms with Crippen LogP contribution in [-0.2, 0) is 4.79 Å². The molecular formula is C10H12BrNO3S2. The predicted octanol–water partition coefficient (Wildman–Crippen LogP) is 1.44. The van der Waals surface area contributed by atoms with Gasteiger partial charge in [0.15, 0.2) is 0 Å². The summed E-state index contributed by atoms with van der Waals surface area (Å²) in [7, 11) is 0. The van der Waals surface area contributed by atoms with Crippen molar-refractivity contribution in [2.45, 2.75) is 11.5 Å². The fourth-order valence-corrected chi connectivity index (χ4v) is 4.49. The van der Waals surface area contributed by atoms with Crippen molar-refractivity contribution in [3.8, 4) is 0 Å². The van der Waals surface area contributed by atoms with Gasteiger partial charge in [-0.25, -0.2) is 0 Å². The molecule has 4 nitrogen and oxygen atoms in total. The van der Waals surface area contributed by atoms with Crippen LogP contribution in [0.25, 0.3) is 0 Å². The van der Waals surface area contributed by atoms with Crippen LogP contribution in [0.2, 0.25) is 0 Å². The van der Waals surface area contributed by atoms with Crippen LogP contribution >= 0.6 is 39.0 Å². The Kier molecular flexibility index (Phi) is 4.48. The number of β-amino-alcohol motifs (C(OH)–C–C–N with tert-alkyl or cyclic N) is 1. The van der Waals surface area contributed by atoms with Crippen LogP contribution in [0.3, 0.4) is 0 Å². The number of halogens is 1. The zero-order chi connectivity index (χ0) is 12.4. The molecule has 0 bridgehead atoms. The highest BCUT2D eigenvalue weighted by Gasteiger charge is 2.34. The third-order valence-electron chi connectivity index (χ3n) is 2.42. The number of aliphatic hydroxyl groups excluding tert-OH is 2. The number of nitrogens with zero attached hydrogens (tertiary/aromatic N) is 1. The van der Waals surface area contributed by atoms with E-state index in [9.17, 15) is 9.90 Å². The molecule has 7 heteroatoms. The summed E-state index contributed by atoms with van der Waals surface area (Å²) in [6.07, 6.45) is -0.872. The van der Waals surface area contributed by atoms with Crippen LogP contribution in [0.5, 0.6) is 0 Å². The maximum absolute atomic E-state index is 11.7. The molecule has 1 saturated heterocycles. The lowest BCUT2D eigenvalue weighted by Gasteiger charge is -2.24. The van der Waals surface area contributed by atoms with Crippen molar-refractivity contribution < 1.29 is 15.0 Å². The summed E-state index contributed by atoms with van der Waals surface area (Å²) < 4.78 is 1.02. The molecular weight excluding hydrogens is 326 g/mol. The van der Waals surface area contributed by atoms with Gasteiger partial charge in [-0.15, -0.1) is 23.1 Å². The number of thioether (sulfide) groups is 1. The van der Waals surface area contributed by atoms with Crippen molar-refractivity contribution >= 4 is 44.9 Å². The lowest BCUT2D eigenvalue weighted by Crippen LogP contribution is -2.36. The lowest BCUT2D eigenvalue weighted by atomic mass is 10.3. The van der Waals surface area contributed by atoms with E-state index in [1.807, 2.05) is 12.1 Å². The summed E-state index contributed by atoms with van der Waals surface area (Å²) in [6.45, 7) is -0.141. The third kappa shape index (κ3) is 3.03. The van der Waals surface area contributed by atoms with Crippen molar-refractivity contribution in [3.63, 3.8) is 0 Å². The molecule has 0 saturated carbocycles. The molecule has 0 aliphatic carbocycles. The third-order valence-corrected chi connectivity index (χ3v) is 5.49. The fraction of sp³-hybridized carbons (Fsp3) is 0.500. The zero-order valence-electron chi connectivity index (χ0n) is 8.88. The number of carbonyl (C=O) groups is 1. The zero-order valence-corrected chi connectivity index (χ0v) is 12.1. The number of amides is 1. The predicted molar refractivity (Wildman–Crippen MR) is 72.0 cm³/mol. The topological polar surface area (TPSA) is 60.8 Å². The van der Waals surface area contributed by atoms with Crippen LogP contribution in [0.4, 0.5) is 0 Å². The van der Waals surface area contributed by atoms with Gasteiger partial charge in [-0.05, 0) is 28.1 Å². The minimum atomic E-state index is -0.872. The summed E-state index contributed by atoms with van der Waals surface area (Å²) in [6, 6.07) is 3.92. The number of thiophene rings is 1. The summed E-state index contributed by atoms with van der Waals surface area (Å²) in [5, 5.41) is 18.2. The molecule has 1 amide bonds. The Labute approximate surface area is 116 Å². The van der Waals surface area contributed by atoms with Gasteiger partial charge in [0.1, 0.15) is 5.37 Å². The van der Waals surface area contributed by atoms with Gasteiger partial charge >= 0.3 is 0 Å². The summed E-state index contributed by atoms with van der Waals surface area (Å²) in [4.78, 5) is 14.4. The van der Waals surface area contributed by atoms with E-state index in [2.05, 4.69) is 15.9 Å². The molecule has 1 aromatic rings. The largest absolute Gasteiger partial charge is 0.394 e. The molecule has 17 heavy (non-hydrogen) atoms. The van der Waals surface area contributed by atoms with Crippen LogP contribution < -0.4 is 0 Å². The second kappa shape index (κ2) is 5.71. The van der Waals surface area contributed by atoms with Crippen molar-refractivity contribution in [2.24, 2.45) is 0 Å². The van der Waals surface area contributed by atoms with E-state index in [4.69, 9.17) is 5.11 Å². The lowest BCUT2D eigenvalue weighted by molar-refractivity contribution is -0.129. The van der Waals surface area contributed by atoms with E-state index < -0.39 is 6.10 Å². The Balaban J connectivity index is 2.13. The van der Waals surface area contributed by atoms with E-state index in [-0.39, 0.29) is 24.4 Å². The number of aliphatic hydroxyl groups is 2. The number of hydrogen-bond donors (Lipinski definition) is 2. The Morgan fingerprint density at radius 1 is 1.59 bits per heavy atom. The maximum atomic E-state index is 11.7. The molecule has 2 heterocycles. The standard InChI is InChI=1S/C10H12BrNO3S2/c11-8-2-1-7(17-8)10-12(3-6(14)4-13)9(15)5-16-10/h1-2,6,10,13-14H,3-5H2. The smallest absolute Gasteiger partial charge is 0.233 e. The van der Waals surface area contributed by atoms with E-state index in [1.165, 1.54) is 0 Å². The molecule has 2 atom stereocenters. The first kappa shape index (κ1) is 13.4. The number of carbonyl (C=O) groups excluding carboxylic acids is 1. The van der Waals surface area contributed by atoms with Crippen LogP contribution in [0, 0.1) is 0 Å². The van der Waals surface area contributed by atoms with Gasteiger partial charge in [0.25, 0.3) is 0 Å². The SMILES string of the molecule is O=C1CSC(c2ccc(Br)s2)N1CC(O)CO. The summed E-state index contributed by atoms with van der Waals surface area (Å²) >= 11 is 6.53. The van der Waals surface area contributed by atoms with Crippen molar-refractivity contribution in [1.29, 1.82) is 0 Å². The van der Waals surface area contributed by atoms with Gasteiger partial charge in [-0.1, -0.05) is 0 Å². The maximum Gasteiger partial charge on any atom is 0.233 e. The van der Waals surface area contributed by atoms with Gasteiger partial charge < -0.3 is 15.1 Å². The van der Waals surface area contributed by atoms with Gasteiger partial charge in [-0.3, -0.25) is 4.79 Å². The minimum Gasteiger partial charge on any atom is -0.394 e. The highest BCUT2D eigenvalue weighted by atomic mass is 79.9. The summed E-state index contributed by atoms with van der Waals surface area (Å²) in [5.74, 6) is 0.440. The molecule has 2 N–H and O–H groups in total. The first-order valence-electron chi connectivity index (χ1n) is 5.07. The highest BCUT2D eigenvalue weighted by Crippen LogP contribution is 2.42. The Bertz CT molecular complexity index is 412. The average molecular weight is 338 g/mol. The van der Waals surface area contributed by atoms with Crippen molar-refractivity contribution in [1.82, 2.24) is 4.90 Å². The van der Waals surface area contributed by atoms with E-state index in [1.54, 1.807) is 28.0 Å². The first-order valence-corrected chi connectivity index (χ1v) is 7.73. The average Bonchev–Trinajstić information content (AvgIpc) is 2.87. The highest BCUT2D eigenvalue weighted by molar-refractivity contribution is 9.11. The van der Waals surface area contributed by atoms with E-state index >= 15 is 0 Å². The minimum absolute atomic E-state index is 0.0111. The first-order chi connectivity index (χ1) is 8.11. The van der Waals surface area contributed by atoms with Crippen molar-refractivity contribution in [2.75, 3.05) is 18.9 Å². The molecule has 1 aliphatic heterocycles. The monoisotopic (exact) mass is 337 g/mol. The molecule has 0 aromatic carbocycles. The van der Waals surface area contributed by atoms with Gasteiger partial charge in [0.2, 0.25) is 5.91 Å². The molecule has 2 rings (SSSR count). The molecule has 0 spiro atoms. The van der Waals surface area contributed by atoms with Gasteiger partial charge in [-0.2, -0.15) is 0 Å². The second-order valence-electron chi connectivity index (χ2n) is 3.69. The van der Waals surface area contributed by atoms with E-state index in [0.29, 0.717) is 5.75 Å². The van der Waals surface area contributed by atoms with Crippen LogP contribution in [0.1, 0.15) is 10.3 Å². The molecule has 1 fully saturated rings. The summed E-state index contributed by atoms with van der Waals surface area (Å²) in [5.41, 5.74) is 0. The quantitative estimate of drug-likeness (QED) is 0.872. The Hall–Kier alpha value is -0.0800. The molecule has 1 aliphatic rings. The van der Waals surface area contributed by atoms with Gasteiger partial charge in [0.05, 0.1) is 28.8 Å². The van der Waals surface area contributed by atoms with E-state index in [0.717, 1.165) is 8.66 Å². The molecule has 1 aromatic heterocycles. The molecule has 94 valence electrons. The molecule has 2 unspecified atom stereocenters. The normalized spacial score (nSPS) is 22.2. The molecule has 0 radical (unpaired) electrons. The Morgan fingerprint density at radius 3 is 2.94 bits per heavy atom. The number of hydrogen-bond acceptors (Lipinski definition) is 5. The van der Waals surface area contributed by atoms with Gasteiger partial charge in [0, 0.05) is 4.88 Å². The number of rotatable bonds is 4. The fourth-order valence-electron chi connectivity index (χ4n) is 1.63. The van der Waals surface area contributed by atoms with Crippen LogP contribution in [0.15, 0.2) is 15.9 Å². The van der Waals surface area contributed by atoms with Crippen molar-refractivity contribution in [3.05, 3.63) is 20.8 Å². The second-order valence-corrected chi connectivity index (χ2v) is 7.25. The van der Waals surface area contributed by atoms with Crippen LogP contribution in [-0.4, -0.2) is 46.0 Å².